The van der Waals surface area contributed by atoms with Crippen molar-refractivity contribution in [2.75, 3.05) is 17.2 Å². The number of rotatable bonds is 5. The van der Waals surface area contributed by atoms with Gasteiger partial charge in [-0.3, -0.25) is 9.59 Å². The molecule has 0 bridgehead atoms. The summed E-state index contributed by atoms with van der Waals surface area (Å²) in [6.45, 7) is 4.98. The highest BCUT2D eigenvalue weighted by molar-refractivity contribution is 7.89. The predicted molar refractivity (Wildman–Crippen MR) is 122 cm³/mol. The molecule has 0 radical (unpaired) electrons. The highest BCUT2D eigenvalue weighted by atomic mass is 32.2. The summed E-state index contributed by atoms with van der Waals surface area (Å²) in [5.74, 6) is -1.33. The molecular weight excluding hydrogens is 471 g/mol. The van der Waals surface area contributed by atoms with Crippen LogP contribution in [0.4, 0.5) is 24.5 Å². The largest absolute Gasteiger partial charge is 0.416 e. The van der Waals surface area contributed by atoms with Crippen molar-refractivity contribution in [3.63, 3.8) is 0 Å². The molecule has 2 N–H and O–H groups in total. The Morgan fingerprint density at radius 3 is 2.35 bits per heavy atom. The van der Waals surface area contributed by atoms with Gasteiger partial charge in [0.25, 0.3) is 5.91 Å². The highest BCUT2D eigenvalue weighted by Crippen LogP contribution is 2.34. The van der Waals surface area contributed by atoms with Crippen LogP contribution in [0.3, 0.4) is 0 Å². The minimum absolute atomic E-state index is 0.00285. The molecule has 3 rings (SSSR count). The average molecular weight is 498 g/mol. The summed E-state index contributed by atoms with van der Waals surface area (Å²) in [5.41, 5.74) is -0.845. The van der Waals surface area contributed by atoms with Crippen LogP contribution < -0.4 is 10.6 Å². The lowest BCUT2D eigenvalue weighted by molar-refractivity contribution is -0.137. The fraction of sp³-hybridized carbons (Fsp3) is 0.391. The van der Waals surface area contributed by atoms with E-state index in [2.05, 4.69) is 10.6 Å². The van der Waals surface area contributed by atoms with Crippen LogP contribution in [0.15, 0.2) is 41.3 Å². The molecule has 1 atom stereocenters. The van der Waals surface area contributed by atoms with Crippen molar-refractivity contribution < 1.29 is 31.2 Å². The average Bonchev–Trinajstić information content (AvgIpc) is 2.74. The van der Waals surface area contributed by atoms with E-state index in [9.17, 15) is 31.2 Å². The van der Waals surface area contributed by atoms with Gasteiger partial charge in [-0.05, 0) is 62.6 Å². The first-order valence-electron chi connectivity index (χ1n) is 10.7. The van der Waals surface area contributed by atoms with Gasteiger partial charge in [0.15, 0.2) is 0 Å². The van der Waals surface area contributed by atoms with Gasteiger partial charge < -0.3 is 10.6 Å². The van der Waals surface area contributed by atoms with E-state index in [4.69, 9.17) is 0 Å². The number of carbonyl (C=O) groups is 2. The Balaban J connectivity index is 1.97. The molecule has 7 nitrogen and oxygen atoms in total. The number of alkyl halides is 3. The molecule has 1 fully saturated rings. The number of aryl methyl sites for hydroxylation is 1. The van der Waals surface area contributed by atoms with E-state index in [1.54, 1.807) is 6.92 Å². The smallest absolute Gasteiger partial charge is 0.325 e. The zero-order valence-electron chi connectivity index (χ0n) is 19.0. The molecule has 0 saturated carbocycles. The summed E-state index contributed by atoms with van der Waals surface area (Å²) in [5, 5.41) is 4.77. The van der Waals surface area contributed by atoms with Crippen LogP contribution >= 0.6 is 0 Å². The molecule has 0 spiro atoms. The van der Waals surface area contributed by atoms with Crippen molar-refractivity contribution in [1.29, 1.82) is 0 Å². The molecule has 184 valence electrons. The third-order valence-corrected chi connectivity index (χ3v) is 7.72. The van der Waals surface area contributed by atoms with Gasteiger partial charge in [0, 0.05) is 25.1 Å². The van der Waals surface area contributed by atoms with Gasteiger partial charge in [0.1, 0.15) is 0 Å². The molecule has 0 aliphatic carbocycles. The van der Waals surface area contributed by atoms with Crippen LogP contribution in [0.2, 0.25) is 0 Å². The zero-order chi connectivity index (χ0) is 25.3. The number of nitrogens with one attached hydrogen (secondary N) is 2. The maximum Gasteiger partial charge on any atom is 0.416 e. The second-order valence-electron chi connectivity index (χ2n) is 8.33. The standard InChI is InChI=1S/C23H26F3N3O4S/c1-14-7-9-18(34(32,33)29-11-5-4-6-15(29)2)13-19(14)22(31)28-21-12-17(23(24,25)26)8-10-20(21)27-16(3)30/h7-10,12-13,15H,4-6,11H2,1-3H3,(H,27,30)(H,28,31). The summed E-state index contributed by atoms with van der Waals surface area (Å²) in [6, 6.07) is 6.50. The fourth-order valence-corrected chi connectivity index (χ4v) is 5.61. The van der Waals surface area contributed by atoms with E-state index in [1.807, 2.05) is 6.92 Å². The Bertz CT molecular complexity index is 1210. The van der Waals surface area contributed by atoms with Gasteiger partial charge >= 0.3 is 6.18 Å². The number of sulfonamides is 1. The van der Waals surface area contributed by atoms with Crippen LogP contribution in [0.25, 0.3) is 0 Å². The number of nitrogens with zero attached hydrogens (tertiary/aromatic N) is 1. The summed E-state index contributed by atoms with van der Waals surface area (Å²) in [4.78, 5) is 24.4. The molecule has 2 amide bonds. The number of halogens is 3. The normalized spacial score (nSPS) is 17.3. The monoisotopic (exact) mass is 497 g/mol. The number of carbonyl (C=O) groups excluding carboxylic acids is 2. The minimum Gasteiger partial charge on any atom is -0.325 e. The van der Waals surface area contributed by atoms with Crippen LogP contribution in [-0.4, -0.2) is 37.1 Å². The fourth-order valence-electron chi connectivity index (χ4n) is 3.88. The van der Waals surface area contributed by atoms with Crippen LogP contribution in [-0.2, 0) is 21.0 Å². The first kappa shape index (κ1) is 25.7. The number of anilines is 2. The van der Waals surface area contributed by atoms with Crippen molar-refractivity contribution in [2.45, 2.75) is 57.1 Å². The van der Waals surface area contributed by atoms with Gasteiger partial charge in [-0.25, -0.2) is 8.42 Å². The minimum atomic E-state index is -4.66. The molecule has 1 saturated heterocycles. The summed E-state index contributed by atoms with van der Waals surface area (Å²) in [7, 11) is -3.86. The van der Waals surface area contributed by atoms with E-state index >= 15 is 0 Å². The van der Waals surface area contributed by atoms with Crippen molar-refractivity contribution in [3.8, 4) is 0 Å². The molecule has 1 heterocycles. The molecule has 2 aromatic carbocycles. The van der Waals surface area contributed by atoms with Gasteiger partial charge in [0.05, 0.1) is 21.8 Å². The van der Waals surface area contributed by atoms with Gasteiger partial charge in [-0.2, -0.15) is 17.5 Å². The lowest BCUT2D eigenvalue weighted by atomic mass is 10.1. The lowest BCUT2D eigenvalue weighted by Gasteiger charge is -2.32. The first-order valence-corrected chi connectivity index (χ1v) is 12.2. The van der Waals surface area contributed by atoms with Gasteiger partial charge in [-0.15, -0.1) is 0 Å². The molecule has 1 aliphatic rings. The molecule has 1 unspecified atom stereocenters. The second kappa shape index (κ2) is 9.75. The topological polar surface area (TPSA) is 95.6 Å². The van der Waals surface area contributed by atoms with Gasteiger partial charge in [0.2, 0.25) is 15.9 Å². The Kier molecular flexibility index (Phi) is 7.37. The zero-order valence-corrected chi connectivity index (χ0v) is 19.8. The maximum atomic E-state index is 13.2. The van der Waals surface area contributed by atoms with E-state index in [0.717, 1.165) is 31.4 Å². The number of hydrogen-bond donors (Lipinski definition) is 2. The Morgan fingerprint density at radius 1 is 1.03 bits per heavy atom. The molecule has 2 aromatic rings. The SMILES string of the molecule is CC(=O)Nc1ccc(C(F)(F)F)cc1NC(=O)c1cc(S(=O)(=O)N2CCCCC2C)ccc1C. The molecular formula is C23H26F3N3O4S. The van der Waals surface area contributed by atoms with E-state index < -0.39 is 33.6 Å². The highest BCUT2D eigenvalue weighted by Gasteiger charge is 2.33. The number of hydrogen-bond acceptors (Lipinski definition) is 4. The van der Waals surface area contributed by atoms with E-state index in [-0.39, 0.29) is 27.9 Å². The number of benzene rings is 2. The molecule has 1 aliphatic heterocycles. The van der Waals surface area contributed by atoms with Gasteiger partial charge in [-0.1, -0.05) is 12.5 Å². The summed E-state index contributed by atoms with van der Waals surface area (Å²) < 4.78 is 67.4. The quantitative estimate of drug-likeness (QED) is 0.621. The van der Waals surface area contributed by atoms with Crippen LogP contribution in [0, 0.1) is 6.92 Å². The number of piperidine rings is 1. The lowest BCUT2D eigenvalue weighted by Crippen LogP contribution is -2.42. The van der Waals surface area contributed by atoms with Crippen molar-refractivity contribution >= 4 is 33.2 Å². The van der Waals surface area contributed by atoms with E-state index in [0.29, 0.717) is 18.2 Å². The summed E-state index contributed by atoms with van der Waals surface area (Å²) >= 11 is 0. The third kappa shape index (κ3) is 5.58. The van der Waals surface area contributed by atoms with E-state index in [1.165, 1.54) is 29.4 Å². The van der Waals surface area contributed by atoms with Crippen molar-refractivity contribution in [1.82, 2.24) is 4.31 Å². The van der Waals surface area contributed by atoms with Crippen molar-refractivity contribution in [3.05, 3.63) is 53.1 Å². The maximum absolute atomic E-state index is 13.2. The van der Waals surface area contributed by atoms with Crippen LogP contribution in [0.5, 0.6) is 0 Å². The Hall–Kier alpha value is -2.92. The molecule has 34 heavy (non-hydrogen) atoms. The predicted octanol–water partition coefficient (Wildman–Crippen LogP) is 4.79. The van der Waals surface area contributed by atoms with Crippen molar-refractivity contribution in [2.24, 2.45) is 0 Å². The summed E-state index contributed by atoms with van der Waals surface area (Å²) in [6.07, 6.45) is -2.25. The van der Waals surface area contributed by atoms with Crippen LogP contribution in [0.1, 0.15) is 54.6 Å². The molecule has 0 aromatic heterocycles. The third-order valence-electron chi connectivity index (χ3n) is 5.71. The molecule has 11 heteroatoms. The number of amides is 2. The first-order chi connectivity index (χ1) is 15.8. The Morgan fingerprint density at radius 2 is 1.74 bits per heavy atom. The second-order valence-corrected chi connectivity index (χ2v) is 10.2. The Labute approximate surface area is 196 Å².